The van der Waals surface area contributed by atoms with Gasteiger partial charge < -0.3 is 0 Å². The summed E-state index contributed by atoms with van der Waals surface area (Å²) in [4.78, 5) is 4.15. The highest BCUT2D eigenvalue weighted by Gasteiger charge is 2.38. The van der Waals surface area contributed by atoms with E-state index in [0.717, 1.165) is 0 Å². The van der Waals surface area contributed by atoms with Crippen molar-refractivity contribution in [2.24, 2.45) is 0 Å². The molecule has 0 saturated carbocycles. The predicted molar refractivity (Wildman–Crippen MR) is 94.1 cm³/mol. The minimum absolute atomic E-state index is 0.0240. The molecule has 0 spiro atoms. The number of alkyl halides is 3. The Kier molecular flexibility index (Phi) is 4.91. The van der Waals surface area contributed by atoms with Crippen LogP contribution in [-0.2, 0) is 0 Å². The van der Waals surface area contributed by atoms with Crippen molar-refractivity contribution in [3.05, 3.63) is 101 Å². The normalized spacial score (nSPS) is 12.6. The number of hydrogen-bond donors (Lipinski definition) is 0. The first-order chi connectivity index (χ1) is 12.0. The lowest BCUT2D eigenvalue weighted by atomic mass is 9.91. The quantitative estimate of drug-likeness (QED) is 0.503. The zero-order chi connectivity index (χ0) is 17.9. The molecule has 0 unspecified atom stereocenters. The Hall–Kier alpha value is -2.59. The fourth-order valence-corrected chi connectivity index (χ4v) is 2.73. The molecule has 0 N–H and O–H groups in total. The fraction of sp³-hybridized carbons (Fsp3) is 0.0500. The van der Waals surface area contributed by atoms with Crippen molar-refractivity contribution < 1.29 is 13.2 Å². The van der Waals surface area contributed by atoms with Gasteiger partial charge in [-0.3, -0.25) is 4.98 Å². The van der Waals surface area contributed by atoms with Gasteiger partial charge >= 0.3 is 6.18 Å². The summed E-state index contributed by atoms with van der Waals surface area (Å²) in [6.45, 7) is 0. The van der Waals surface area contributed by atoms with Gasteiger partial charge in [-0.1, -0.05) is 60.1 Å². The van der Waals surface area contributed by atoms with E-state index in [1.165, 1.54) is 18.3 Å². The number of halogens is 4. The summed E-state index contributed by atoms with van der Waals surface area (Å²) in [5.41, 5.74) is 0.0379. The monoisotopic (exact) mass is 359 g/mol. The second kappa shape index (κ2) is 7.11. The smallest absolute Gasteiger partial charge is 0.256 e. The van der Waals surface area contributed by atoms with Gasteiger partial charge in [0.25, 0.3) is 0 Å². The average molecular weight is 360 g/mol. The largest absolute Gasteiger partial charge is 0.417 e. The van der Waals surface area contributed by atoms with Crippen molar-refractivity contribution in [3.8, 4) is 0 Å². The van der Waals surface area contributed by atoms with Crippen molar-refractivity contribution in [1.82, 2.24) is 4.98 Å². The summed E-state index contributed by atoms with van der Waals surface area (Å²) >= 11 is 5.89. The fourth-order valence-electron chi connectivity index (χ4n) is 2.60. The molecule has 3 aromatic rings. The molecule has 0 atom stereocenters. The number of aromatic nitrogens is 1. The molecule has 25 heavy (non-hydrogen) atoms. The SMILES string of the molecule is FC(F)(F)C(=C(c1ccc(Cl)cc1)c1ccccn1)c1ccccc1. The molecule has 5 heteroatoms. The summed E-state index contributed by atoms with van der Waals surface area (Å²) in [5.74, 6) is 0. The topological polar surface area (TPSA) is 12.9 Å². The number of benzene rings is 2. The van der Waals surface area contributed by atoms with Crippen LogP contribution in [0.1, 0.15) is 16.8 Å². The maximum Gasteiger partial charge on any atom is 0.417 e. The summed E-state index contributed by atoms with van der Waals surface area (Å²) in [6.07, 6.45) is -3.07. The lowest BCUT2D eigenvalue weighted by Crippen LogP contribution is -2.14. The highest BCUT2D eigenvalue weighted by atomic mass is 35.5. The van der Waals surface area contributed by atoms with Gasteiger partial charge in [0.05, 0.1) is 11.3 Å². The molecule has 0 aliphatic carbocycles. The Balaban J connectivity index is 2.37. The van der Waals surface area contributed by atoms with Crippen LogP contribution in [0.25, 0.3) is 11.1 Å². The van der Waals surface area contributed by atoms with E-state index >= 15 is 0 Å². The second-order valence-electron chi connectivity index (χ2n) is 5.34. The van der Waals surface area contributed by atoms with Crippen LogP contribution >= 0.6 is 11.6 Å². The van der Waals surface area contributed by atoms with E-state index in [4.69, 9.17) is 11.6 Å². The predicted octanol–water partition coefficient (Wildman–Crippen LogP) is 6.26. The summed E-state index contributed by atoms with van der Waals surface area (Å²) in [7, 11) is 0. The van der Waals surface area contributed by atoms with Crippen molar-refractivity contribution in [2.45, 2.75) is 6.18 Å². The zero-order valence-corrected chi connectivity index (χ0v) is 13.7. The van der Waals surface area contributed by atoms with Gasteiger partial charge in [0.1, 0.15) is 0 Å². The molecule has 0 saturated heterocycles. The summed E-state index contributed by atoms with van der Waals surface area (Å²) in [5, 5.41) is 0.456. The van der Waals surface area contributed by atoms with Gasteiger partial charge in [0.2, 0.25) is 0 Å². The van der Waals surface area contributed by atoms with Gasteiger partial charge in [-0.2, -0.15) is 13.2 Å². The van der Waals surface area contributed by atoms with E-state index < -0.39 is 11.7 Å². The van der Waals surface area contributed by atoms with Crippen molar-refractivity contribution >= 4 is 22.7 Å². The third kappa shape index (κ3) is 3.91. The van der Waals surface area contributed by atoms with Crippen LogP contribution in [0.4, 0.5) is 13.2 Å². The van der Waals surface area contributed by atoms with Gasteiger partial charge in [-0.25, -0.2) is 0 Å². The minimum atomic E-state index is -4.55. The maximum atomic E-state index is 14.0. The molecule has 0 aliphatic rings. The van der Waals surface area contributed by atoms with E-state index in [2.05, 4.69) is 4.98 Å². The van der Waals surface area contributed by atoms with Crippen LogP contribution in [-0.4, -0.2) is 11.2 Å². The number of nitrogens with zero attached hydrogens (tertiary/aromatic N) is 1. The van der Waals surface area contributed by atoms with Crippen LogP contribution in [0, 0.1) is 0 Å². The first-order valence-corrected chi connectivity index (χ1v) is 7.89. The number of rotatable bonds is 3. The molecular formula is C20H13ClF3N. The number of pyridine rings is 1. The van der Waals surface area contributed by atoms with Gasteiger partial charge in [0, 0.05) is 16.8 Å². The Bertz CT molecular complexity index is 870. The molecule has 0 fully saturated rings. The minimum Gasteiger partial charge on any atom is -0.256 e. The van der Waals surface area contributed by atoms with Crippen LogP contribution in [0.15, 0.2) is 79.0 Å². The average Bonchev–Trinajstić information content (AvgIpc) is 2.61. The van der Waals surface area contributed by atoms with Gasteiger partial charge in [-0.05, 0) is 35.4 Å². The Labute approximate surface area is 148 Å². The van der Waals surface area contributed by atoms with E-state index in [-0.39, 0.29) is 16.8 Å². The van der Waals surface area contributed by atoms with Crippen molar-refractivity contribution in [1.29, 1.82) is 0 Å². The van der Waals surface area contributed by atoms with E-state index in [0.29, 0.717) is 10.6 Å². The molecule has 2 aromatic carbocycles. The molecule has 126 valence electrons. The van der Waals surface area contributed by atoms with E-state index in [1.807, 2.05) is 0 Å². The molecule has 0 aliphatic heterocycles. The molecule has 0 bridgehead atoms. The number of hydrogen-bond acceptors (Lipinski definition) is 1. The van der Waals surface area contributed by atoms with Gasteiger partial charge in [0.15, 0.2) is 0 Å². The molecular weight excluding hydrogens is 347 g/mol. The summed E-state index contributed by atoms with van der Waals surface area (Å²) < 4.78 is 42.0. The summed E-state index contributed by atoms with van der Waals surface area (Å²) in [6, 6.07) is 18.9. The third-order valence-corrected chi connectivity index (χ3v) is 3.90. The number of allylic oxidation sites excluding steroid dienone is 1. The van der Waals surface area contributed by atoms with Crippen LogP contribution in [0.5, 0.6) is 0 Å². The Morgan fingerprint density at radius 2 is 1.40 bits per heavy atom. The molecule has 1 heterocycles. The van der Waals surface area contributed by atoms with Crippen LogP contribution < -0.4 is 0 Å². The Morgan fingerprint density at radius 1 is 0.760 bits per heavy atom. The van der Waals surface area contributed by atoms with Crippen LogP contribution in [0.2, 0.25) is 5.02 Å². The molecule has 0 radical (unpaired) electrons. The first-order valence-electron chi connectivity index (χ1n) is 7.51. The molecule has 3 rings (SSSR count). The second-order valence-corrected chi connectivity index (χ2v) is 5.77. The third-order valence-electron chi connectivity index (χ3n) is 3.65. The molecule has 0 amide bonds. The maximum absolute atomic E-state index is 14.0. The van der Waals surface area contributed by atoms with E-state index in [9.17, 15) is 13.2 Å². The zero-order valence-electron chi connectivity index (χ0n) is 13.0. The first kappa shape index (κ1) is 17.2. The van der Waals surface area contributed by atoms with Crippen LogP contribution in [0.3, 0.4) is 0 Å². The Morgan fingerprint density at radius 3 is 1.96 bits per heavy atom. The lowest BCUT2D eigenvalue weighted by Gasteiger charge is -2.19. The van der Waals surface area contributed by atoms with E-state index in [1.54, 1.807) is 60.7 Å². The highest BCUT2D eigenvalue weighted by molar-refractivity contribution is 6.30. The standard InChI is InChI=1S/C20H13ClF3N/c21-16-11-9-14(10-12-16)18(17-8-4-5-13-25-17)19(20(22,23)24)15-6-2-1-3-7-15/h1-13H. The van der Waals surface area contributed by atoms with Crippen molar-refractivity contribution in [3.63, 3.8) is 0 Å². The van der Waals surface area contributed by atoms with Gasteiger partial charge in [-0.15, -0.1) is 0 Å². The molecule has 1 aromatic heterocycles. The molecule has 1 nitrogen and oxygen atoms in total. The lowest BCUT2D eigenvalue weighted by molar-refractivity contribution is -0.0685. The van der Waals surface area contributed by atoms with Crippen molar-refractivity contribution in [2.75, 3.05) is 0 Å². The highest BCUT2D eigenvalue weighted by Crippen LogP contribution is 2.42.